The van der Waals surface area contributed by atoms with Gasteiger partial charge in [-0.15, -0.1) is 0 Å². The van der Waals surface area contributed by atoms with Crippen LogP contribution in [0.3, 0.4) is 0 Å². The Morgan fingerprint density at radius 3 is 2.38 bits per heavy atom. The second-order valence-corrected chi connectivity index (χ2v) is 6.44. The third-order valence-electron chi connectivity index (χ3n) is 2.80. The summed E-state index contributed by atoms with van der Waals surface area (Å²) in [4.78, 5) is 21.6. The number of carbonyl (C=O) groups is 2. The fourth-order valence-corrected chi connectivity index (χ4v) is 2.97. The Hall–Kier alpha value is -1.93. The minimum atomic E-state index is -3.75. The molecule has 0 aliphatic rings. The number of carboxylic acid groups (broad SMARTS) is 1. The summed E-state index contributed by atoms with van der Waals surface area (Å²) in [7, 11) is -3.75. The van der Waals surface area contributed by atoms with E-state index in [2.05, 4.69) is 4.72 Å². The van der Waals surface area contributed by atoms with E-state index in [0.717, 1.165) is 5.56 Å². The van der Waals surface area contributed by atoms with Gasteiger partial charge < -0.3 is 10.8 Å². The summed E-state index contributed by atoms with van der Waals surface area (Å²) in [5, 5.41) is 8.96. The van der Waals surface area contributed by atoms with Crippen molar-refractivity contribution in [3.8, 4) is 0 Å². The highest BCUT2D eigenvalue weighted by atomic mass is 32.2. The van der Waals surface area contributed by atoms with Crippen molar-refractivity contribution >= 4 is 21.9 Å². The van der Waals surface area contributed by atoms with Crippen LogP contribution in [-0.2, 0) is 26.0 Å². The van der Waals surface area contributed by atoms with Gasteiger partial charge in [0.1, 0.15) is 6.04 Å². The first-order valence-corrected chi connectivity index (χ1v) is 8.00. The minimum absolute atomic E-state index is 0.171. The monoisotopic (exact) mass is 314 g/mol. The zero-order valence-electron chi connectivity index (χ0n) is 11.4. The standard InChI is InChI=1S/C13H18N2O5S/c14-12(16)7-6-11(13(17)18)15-21(19,20)9-8-10-4-2-1-3-5-10/h1-5,11,15H,6-9H2,(H2,14,16)(H,17,18)/t11-/m1/s1. The molecular formula is C13H18N2O5S. The number of hydrogen-bond acceptors (Lipinski definition) is 4. The zero-order valence-corrected chi connectivity index (χ0v) is 12.2. The molecule has 1 aromatic rings. The van der Waals surface area contributed by atoms with E-state index in [0.29, 0.717) is 0 Å². The van der Waals surface area contributed by atoms with E-state index in [9.17, 15) is 18.0 Å². The summed E-state index contributed by atoms with van der Waals surface area (Å²) >= 11 is 0. The summed E-state index contributed by atoms with van der Waals surface area (Å²) in [5.41, 5.74) is 5.77. The Kier molecular flexibility index (Phi) is 6.32. The van der Waals surface area contributed by atoms with Crippen LogP contribution in [0.25, 0.3) is 0 Å². The summed E-state index contributed by atoms with van der Waals surface area (Å²) in [6.45, 7) is 0. The number of benzene rings is 1. The SMILES string of the molecule is NC(=O)CC[C@@H](NS(=O)(=O)CCc1ccccc1)C(=O)O. The van der Waals surface area contributed by atoms with Crippen LogP contribution in [0.2, 0.25) is 0 Å². The van der Waals surface area contributed by atoms with Crippen molar-refractivity contribution in [2.45, 2.75) is 25.3 Å². The normalized spacial score (nSPS) is 12.8. The first-order chi connectivity index (χ1) is 9.80. The van der Waals surface area contributed by atoms with Crippen molar-refractivity contribution in [1.29, 1.82) is 0 Å². The topological polar surface area (TPSA) is 127 Å². The molecule has 0 heterocycles. The van der Waals surface area contributed by atoms with Gasteiger partial charge in [0, 0.05) is 6.42 Å². The number of aryl methyl sites for hydroxylation is 1. The maximum atomic E-state index is 11.9. The van der Waals surface area contributed by atoms with Gasteiger partial charge in [-0.3, -0.25) is 9.59 Å². The molecular weight excluding hydrogens is 296 g/mol. The van der Waals surface area contributed by atoms with Gasteiger partial charge >= 0.3 is 5.97 Å². The lowest BCUT2D eigenvalue weighted by Crippen LogP contribution is -2.42. The lowest BCUT2D eigenvalue weighted by atomic mass is 10.2. The van der Waals surface area contributed by atoms with E-state index < -0.39 is 27.9 Å². The molecule has 1 atom stereocenters. The van der Waals surface area contributed by atoms with Gasteiger partial charge in [-0.2, -0.15) is 0 Å². The molecule has 1 amide bonds. The smallest absolute Gasteiger partial charge is 0.321 e. The first-order valence-electron chi connectivity index (χ1n) is 6.35. The molecule has 7 nitrogen and oxygen atoms in total. The molecule has 0 radical (unpaired) electrons. The number of carbonyl (C=O) groups excluding carboxylic acids is 1. The average molecular weight is 314 g/mol. The Balaban J connectivity index is 2.59. The van der Waals surface area contributed by atoms with Crippen molar-refractivity contribution in [2.75, 3.05) is 5.75 Å². The van der Waals surface area contributed by atoms with Gasteiger partial charge in [0.25, 0.3) is 0 Å². The maximum absolute atomic E-state index is 11.9. The molecule has 0 saturated carbocycles. The van der Waals surface area contributed by atoms with E-state index in [1.807, 2.05) is 6.07 Å². The molecule has 4 N–H and O–H groups in total. The molecule has 0 aliphatic carbocycles. The van der Waals surface area contributed by atoms with E-state index in [1.165, 1.54) is 0 Å². The summed E-state index contributed by atoms with van der Waals surface area (Å²) < 4.78 is 25.8. The van der Waals surface area contributed by atoms with E-state index in [-0.39, 0.29) is 25.0 Å². The van der Waals surface area contributed by atoms with Gasteiger partial charge in [0.05, 0.1) is 5.75 Å². The van der Waals surface area contributed by atoms with Crippen molar-refractivity contribution < 1.29 is 23.1 Å². The molecule has 0 aromatic heterocycles. The van der Waals surface area contributed by atoms with Gasteiger partial charge in [0.15, 0.2) is 0 Å². The third-order valence-corrected chi connectivity index (χ3v) is 4.19. The Morgan fingerprint density at radius 1 is 1.24 bits per heavy atom. The highest BCUT2D eigenvalue weighted by Gasteiger charge is 2.24. The maximum Gasteiger partial charge on any atom is 0.321 e. The molecule has 0 saturated heterocycles. The second kappa shape index (κ2) is 7.75. The first kappa shape index (κ1) is 17.1. The van der Waals surface area contributed by atoms with Gasteiger partial charge in [-0.25, -0.2) is 13.1 Å². The molecule has 1 aromatic carbocycles. The van der Waals surface area contributed by atoms with Crippen LogP contribution in [0, 0.1) is 0 Å². The number of nitrogens with two attached hydrogens (primary N) is 1. The predicted octanol–water partition coefficient (Wildman–Crippen LogP) is -0.133. The number of primary amides is 1. The van der Waals surface area contributed by atoms with Gasteiger partial charge in [-0.1, -0.05) is 30.3 Å². The van der Waals surface area contributed by atoms with Crippen molar-refractivity contribution in [1.82, 2.24) is 4.72 Å². The van der Waals surface area contributed by atoms with Crippen LogP contribution < -0.4 is 10.5 Å². The summed E-state index contributed by atoms with van der Waals surface area (Å²) in [6.07, 6.45) is -0.0915. The Bertz CT molecular complexity index is 586. The lowest BCUT2D eigenvalue weighted by Gasteiger charge is -2.14. The van der Waals surface area contributed by atoms with Crippen LogP contribution in [0.1, 0.15) is 18.4 Å². The lowest BCUT2D eigenvalue weighted by molar-refractivity contribution is -0.139. The highest BCUT2D eigenvalue weighted by molar-refractivity contribution is 7.89. The fourth-order valence-electron chi connectivity index (χ4n) is 1.69. The molecule has 0 aliphatic heterocycles. The summed E-state index contributed by atoms with van der Waals surface area (Å²) in [6, 6.07) is 7.64. The number of carboxylic acids is 1. The third kappa shape index (κ3) is 6.87. The van der Waals surface area contributed by atoms with Gasteiger partial charge in [-0.05, 0) is 18.4 Å². The Morgan fingerprint density at radius 2 is 1.86 bits per heavy atom. The van der Waals surface area contributed by atoms with Crippen LogP contribution in [-0.4, -0.2) is 37.2 Å². The van der Waals surface area contributed by atoms with E-state index in [1.54, 1.807) is 24.3 Å². The number of amides is 1. The van der Waals surface area contributed by atoms with Gasteiger partial charge in [0.2, 0.25) is 15.9 Å². The number of sulfonamides is 1. The van der Waals surface area contributed by atoms with Crippen molar-refractivity contribution in [3.05, 3.63) is 35.9 Å². The summed E-state index contributed by atoms with van der Waals surface area (Å²) in [5.74, 6) is -2.23. The minimum Gasteiger partial charge on any atom is -0.480 e. The van der Waals surface area contributed by atoms with Crippen LogP contribution in [0.5, 0.6) is 0 Å². The molecule has 1 rings (SSSR count). The highest BCUT2D eigenvalue weighted by Crippen LogP contribution is 2.04. The largest absolute Gasteiger partial charge is 0.480 e. The fraction of sp³-hybridized carbons (Fsp3) is 0.385. The number of aliphatic carboxylic acids is 1. The average Bonchev–Trinajstić information content (AvgIpc) is 2.42. The van der Waals surface area contributed by atoms with Crippen LogP contribution in [0.15, 0.2) is 30.3 Å². The molecule has 0 spiro atoms. The number of nitrogens with one attached hydrogen (secondary N) is 1. The molecule has 8 heteroatoms. The zero-order chi connectivity index (χ0) is 15.9. The molecule has 0 unspecified atom stereocenters. The predicted molar refractivity (Wildman–Crippen MR) is 76.9 cm³/mol. The van der Waals surface area contributed by atoms with Crippen molar-refractivity contribution in [3.63, 3.8) is 0 Å². The van der Waals surface area contributed by atoms with Crippen LogP contribution in [0.4, 0.5) is 0 Å². The molecule has 0 fully saturated rings. The van der Waals surface area contributed by atoms with Crippen LogP contribution >= 0.6 is 0 Å². The molecule has 116 valence electrons. The van der Waals surface area contributed by atoms with E-state index in [4.69, 9.17) is 10.8 Å². The van der Waals surface area contributed by atoms with E-state index >= 15 is 0 Å². The quantitative estimate of drug-likeness (QED) is 0.585. The molecule has 21 heavy (non-hydrogen) atoms. The second-order valence-electron chi connectivity index (χ2n) is 4.57. The number of rotatable bonds is 9. The number of hydrogen-bond donors (Lipinski definition) is 3. The Labute approximate surface area is 123 Å². The molecule has 0 bridgehead atoms. The van der Waals surface area contributed by atoms with Crippen molar-refractivity contribution in [2.24, 2.45) is 5.73 Å².